The monoisotopic (exact) mass is 345 g/mol. The summed E-state index contributed by atoms with van der Waals surface area (Å²) in [5.74, 6) is -1.34. The quantitative estimate of drug-likeness (QED) is 0.785. The van der Waals surface area contributed by atoms with Crippen LogP contribution < -0.4 is 5.32 Å². The minimum atomic E-state index is -1.10. The maximum absolute atomic E-state index is 12.0. The minimum absolute atomic E-state index is 0.0701. The summed E-state index contributed by atoms with van der Waals surface area (Å²) in [7, 11) is 0. The zero-order chi connectivity index (χ0) is 16.9. The Bertz CT molecular complexity index is 717. The summed E-state index contributed by atoms with van der Waals surface area (Å²) in [6.07, 6.45) is 7.74. The Kier molecular flexibility index (Phi) is 5.20. The average molecular weight is 345 g/mol. The van der Waals surface area contributed by atoms with Gasteiger partial charge in [0, 0.05) is 24.0 Å². The van der Waals surface area contributed by atoms with Crippen molar-refractivity contribution in [3.05, 3.63) is 45.2 Å². The molecule has 0 aliphatic heterocycles. The molecule has 24 heavy (non-hydrogen) atoms. The largest absolute Gasteiger partial charge is 0.477 e. The first-order chi connectivity index (χ1) is 11.6. The van der Waals surface area contributed by atoms with Crippen molar-refractivity contribution < 1.29 is 14.7 Å². The molecular formula is C17H19N3O3S. The van der Waals surface area contributed by atoms with Crippen molar-refractivity contribution >= 4 is 23.2 Å². The van der Waals surface area contributed by atoms with Gasteiger partial charge in [-0.25, -0.2) is 14.8 Å². The molecule has 1 aliphatic rings. The van der Waals surface area contributed by atoms with Gasteiger partial charge in [0.2, 0.25) is 0 Å². The van der Waals surface area contributed by atoms with Gasteiger partial charge in [0.05, 0.1) is 16.3 Å². The van der Waals surface area contributed by atoms with Gasteiger partial charge in [-0.3, -0.25) is 4.79 Å². The van der Waals surface area contributed by atoms with Gasteiger partial charge in [0.1, 0.15) is 5.69 Å². The number of carboxylic acids is 1. The predicted octanol–water partition coefficient (Wildman–Crippen LogP) is 2.48. The second kappa shape index (κ2) is 7.53. The van der Waals surface area contributed by atoms with Gasteiger partial charge in [-0.1, -0.05) is 0 Å². The van der Waals surface area contributed by atoms with E-state index in [1.165, 1.54) is 41.7 Å². The molecule has 6 nitrogen and oxygen atoms in total. The highest BCUT2D eigenvalue weighted by atomic mass is 32.1. The number of rotatable bonds is 6. The van der Waals surface area contributed by atoms with Crippen LogP contribution in [0.1, 0.15) is 55.7 Å². The van der Waals surface area contributed by atoms with Crippen LogP contribution in [-0.4, -0.2) is 33.5 Å². The third kappa shape index (κ3) is 3.97. The van der Waals surface area contributed by atoms with Crippen LogP contribution in [0.5, 0.6) is 0 Å². The number of aromatic nitrogens is 2. The average Bonchev–Trinajstić information content (AvgIpc) is 3.01. The first kappa shape index (κ1) is 16.6. The molecule has 7 heteroatoms. The predicted molar refractivity (Wildman–Crippen MR) is 90.6 cm³/mol. The number of pyridine rings is 1. The molecule has 0 unspecified atom stereocenters. The molecule has 0 spiro atoms. The maximum Gasteiger partial charge on any atom is 0.354 e. The van der Waals surface area contributed by atoms with Crippen molar-refractivity contribution in [2.24, 2.45) is 0 Å². The number of nitrogens with zero attached hydrogens (tertiary/aromatic N) is 2. The van der Waals surface area contributed by atoms with Crippen LogP contribution >= 0.6 is 11.3 Å². The van der Waals surface area contributed by atoms with Gasteiger partial charge in [-0.15, -0.1) is 11.3 Å². The van der Waals surface area contributed by atoms with Crippen molar-refractivity contribution in [2.45, 2.75) is 38.5 Å². The number of nitrogens with one attached hydrogen (secondary N) is 1. The zero-order valence-corrected chi connectivity index (χ0v) is 14.1. The molecule has 0 radical (unpaired) electrons. The number of thiazole rings is 1. The molecule has 0 saturated heterocycles. The number of hydrogen-bond donors (Lipinski definition) is 2. The van der Waals surface area contributed by atoms with Crippen molar-refractivity contribution in [3.63, 3.8) is 0 Å². The first-order valence-corrected chi connectivity index (χ1v) is 8.90. The van der Waals surface area contributed by atoms with Crippen LogP contribution in [0, 0.1) is 0 Å². The molecule has 3 rings (SSSR count). The van der Waals surface area contributed by atoms with Crippen LogP contribution in [-0.2, 0) is 19.3 Å². The number of aromatic carboxylic acids is 1. The Morgan fingerprint density at radius 2 is 2.08 bits per heavy atom. The van der Waals surface area contributed by atoms with Crippen LogP contribution in [0.15, 0.2) is 18.3 Å². The van der Waals surface area contributed by atoms with E-state index >= 15 is 0 Å². The molecule has 0 bridgehead atoms. The van der Waals surface area contributed by atoms with E-state index in [-0.39, 0.29) is 11.6 Å². The van der Waals surface area contributed by atoms with Crippen LogP contribution in [0.3, 0.4) is 0 Å². The molecule has 0 fully saturated rings. The van der Waals surface area contributed by atoms with E-state index in [1.807, 2.05) is 0 Å². The highest BCUT2D eigenvalue weighted by Crippen LogP contribution is 2.27. The van der Waals surface area contributed by atoms with E-state index in [9.17, 15) is 9.59 Å². The van der Waals surface area contributed by atoms with Crippen molar-refractivity contribution in [3.8, 4) is 0 Å². The topological polar surface area (TPSA) is 92.2 Å². The number of aryl methyl sites for hydroxylation is 3. The molecule has 0 aromatic carbocycles. The SMILES string of the molecule is O=C(NCCCc1nc2c(s1)CCCC2)c1ccc(C(=O)O)nc1. The van der Waals surface area contributed by atoms with E-state index in [2.05, 4.69) is 10.3 Å². The van der Waals surface area contributed by atoms with Gasteiger partial charge in [0.25, 0.3) is 5.91 Å². The maximum atomic E-state index is 12.0. The highest BCUT2D eigenvalue weighted by molar-refractivity contribution is 7.11. The Labute approximate surface area is 144 Å². The standard InChI is InChI=1S/C17H19N3O3S/c21-16(11-7-8-13(17(22)23)19-10-11)18-9-3-6-15-20-12-4-1-2-5-14(12)24-15/h7-8,10H,1-6,9H2,(H,18,21)(H,22,23). The van der Waals surface area contributed by atoms with Gasteiger partial charge in [-0.2, -0.15) is 0 Å². The lowest BCUT2D eigenvalue weighted by atomic mass is 10.0. The summed E-state index contributed by atoms with van der Waals surface area (Å²) in [6, 6.07) is 2.80. The lowest BCUT2D eigenvalue weighted by molar-refractivity contribution is 0.0689. The normalized spacial score (nSPS) is 13.3. The third-order valence-electron chi connectivity index (χ3n) is 3.99. The molecule has 126 valence electrons. The Morgan fingerprint density at radius 3 is 2.79 bits per heavy atom. The summed E-state index contributed by atoms with van der Waals surface area (Å²) >= 11 is 1.81. The van der Waals surface area contributed by atoms with E-state index in [0.717, 1.165) is 30.7 Å². The number of carbonyl (C=O) groups excluding carboxylic acids is 1. The summed E-state index contributed by atoms with van der Waals surface area (Å²) in [5, 5.41) is 12.8. The number of carbonyl (C=O) groups is 2. The molecule has 2 heterocycles. The second-order valence-electron chi connectivity index (χ2n) is 5.78. The summed E-state index contributed by atoms with van der Waals surface area (Å²) < 4.78 is 0. The summed E-state index contributed by atoms with van der Waals surface area (Å²) in [5.41, 5.74) is 1.57. The lowest BCUT2D eigenvalue weighted by Gasteiger charge is -2.06. The lowest BCUT2D eigenvalue weighted by Crippen LogP contribution is -2.25. The van der Waals surface area contributed by atoms with Crippen LogP contribution in [0.4, 0.5) is 0 Å². The van der Waals surface area contributed by atoms with Gasteiger partial charge in [-0.05, 0) is 44.2 Å². The second-order valence-corrected chi connectivity index (χ2v) is 6.95. The van der Waals surface area contributed by atoms with Crippen molar-refractivity contribution in [1.82, 2.24) is 15.3 Å². The molecule has 2 aromatic rings. The fraction of sp³-hybridized carbons (Fsp3) is 0.412. The summed E-state index contributed by atoms with van der Waals surface area (Å²) in [6.45, 7) is 0.559. The molecule has 2 aromatic heterocycles. The van der Waals surface area contributed by atoms with Gasteiger partial charge >= 0.3 is 5.97 Å². The number of hydrogen-bond acceptors (Lipinski definition) is 5. The summed E-state index contributed by atoms with van der Waals surface area (Å²) in [4.78, 5) is 32.6. The van der Waals surface area contributed by atoms with E-state index in [1.54, 1.807) is 11.3 Å². The Hall–Kier alpha value is -2.28. The van der Waals surface area contributed by atoms with E-state index < -0.39 is 5.97 Å². The minimum Gasteiger partial charge on any atom is -0.477 e. The zero-order valence-electron chi connectivity index (χ0n) is 13.2. The number of fused-ring (bicyclic) bond motifs is 1. The molecule has 0 saturated carbocycles. The fourth-order valence-corrected chi connectivity index (χ4v) is 3.91. The van der Waals surface area contributed by atoms with Crippen LogP contribution in [0.25, 0.3) is 0 Å². The molecular weight excluding hydrogens is 326 g/mol. The molecule has 2 N–H and O–H groups in total. The van der Waals surface area contributed by atoms with E-state index in [0.29, 0.717) is 12.1 Å². The number of carboxylic acid groups (broad SMARTS) is 1. The van der Waals surface area contributed by atoms with Gasteiger partial charge in [0.15, 0.2) is 0 Å². The van der Waals surface area contributed by atoms with Crippen molar-refractivity contribution in [1.29, 1.82) is 0 Å². The third-order valence-corrected chi connectivity index (χ3v) is 5.20. The molecule has 0 atom stereocenters. The van der Waals surface area contributed by atoms with Crippen molar-refractivity contribution in [2.75, 3.05) is 6.54 Å². The number of amides is 1. The van der Waals surface area contributed by atoms with E-state index in [4.69, 9.17) is 10.1 Å². The Morgan fingerprint density at radius 1 is 1.25 bits per heavy atom. The van der Waals surface area contributed by atoms with Gasteiger partial charge < -0.3 is 10.4 Å². The molecule has 1 aliphatic carbocycles. The fourth-order valence-electron chi connectivity index (χ4n) is 2.71. The first-order valence-electron chi connectivity index (χ1n) is 8.08. The molecule has 1 amide bonds. The smallest absolute Gasteiger partial charge is 0.354 e. The van der Waals surface area contributed by atoms with Crippen LogP contribution in [0.2, 0.25) is 0 Å². The highest BCUT2D eigenvalue weighted by Gasteiger charge is 2.15. The Balaban J connectivity index is 1.45.